The van der Waals surface area contributed by atoms with Crippen LogP contribution in [0.15, 0.2) is 35.5 Å². The van der Waals surface area contributed by atoms with Crippen molar-refractivity contribution in [2.75, 3.05) is 58.3 Å². The third kappa shape index (κ3) is 7.59. The summed E-state index contributed by atoms with van der Waals surface area (Å²) in [6.07, 6.45) is 3.01. The van der Waals surface area contributed by atoms with E-state index >= 15 is 0 Å². The topological polar surface area (TPSA) is 65.0 Å². The molecule has 0 unspecified atom stereocenters. The summed E-state index contributed by atoms with van der Waals surface area (Å²) < 4.78 is 5.24. The molecular weight excluding hydrogens is 511 g/mol. The lowest BCUT2D eigenvalue weighted by atomic mass is 10.2. The summed E-state index contributed by atoms with van der Waals surface area (Å²) in [6, 6.07) is 8.35. The third-order valence-electron chi connectivity index (χ3n) is 5.05. The Balaban J connectivity index is 0.00000320. The molecule has 1 saturated heterocycles. The summed E-state index contributed by atoms with van der Waals surface area (Å²) in [5.41, 5.74) is 1.28. The number of thiazole rings is 1. The first-order chi connectivity index (χ1) is 14.2. The highest BCUT2D eigenvalue weighted by Crippen LogP contribution is 2.20. The van der Waals surface area contributed by atoms with Crippen molar-refractivity contribution >= 4 is 47.0 Å². The molecule has 2 N–H and O–H groups in total. The van der Waals surface area contributed by atoms with Gasteiger partial charge in [-0.05, 0) is 44.2 Å². The lowest BCUT2D eigenvalue weighted by Crippen LogP contribution is -2.47. The number of piperazine rings is 1. The van der Waals surface area contributed by atoms with Gasteiger partial charge in [0.15, 0.2) is 5.96 Å². The maximum absolute atomic E-state index is 5.24. The van der Waals surface area contributed by atoms with Crippen LogP contribution in [0.1, 0.15) is 16.3 Å². The highest BCUT2D eigenvalue weighted by atomic mass is 127. The van der Waals surface area contributed by atoms with E-state index in [1.165, 1.54) is 10.6 Å². The molecule has 0 saturated carbocycles. The van der Waals surface area contributed by atoms with Gasteiger partial charge >= 0.3 is 0 Å². The molecule has 9 heteroatoms. The Hall–Kier alpha value is -1.59. The van der Waals surface area contributed by atoms with Crippen molar-refractivity contribution < 1.29 is 4.74 Å². The molecule has 0 atom stereocenters. The zero-order valence-corrected chi connectivity index (χ0v) is 21.2. The van der Waals surface area contributed by atoms with Gasteiger partial charge < -0.3 is 20.3 Å². The van der Waals surface area contributed by atoms with E-state index in [1.807, 2.05) is 18.3 Å². The van der Waals surface area contributed by atoms with Gasteiger partial charge in [0.1, 0.15) is 10.8 Å². The van der Waals surface area contributed by atoms with Gasteiger partial charge in [0.05, 0.1) is 13.7 Å². The van der Waals surface area contributed by atoms with Crippen molar-refractivity contribution in [3.8, 4) is 5.75 Å². The summed E-state index contributed by atoms with van der Waals surface area (Å²) in [5.74, 6) is 1.74. The van der Waals surface area contributed by atoms with Crippen LogP contribution >= 0.6 is 35.3 Å². The first kappa shape index (κ1) is 24.7. The smallest absolute Gasteiger partial charge is 0.191 e. The molecule has 7 nitrogen and oxygen atoms in total. The third-order valence-corrected chi connectivity index (χ3v) is 5.97. The van der Waals surface area contributed by atoms with E-state index in [0.717, 1.165) is 62.4 Å². The monoisotopic (exact) mass is 544 g/mol. The van der Waals surface area contributed by atoms with Crippen molar-refractivity contribution in [1.29, 1.82) is 0 Å². The second kappa shape index (κ2) is 13.0. The number of hydrogen-bond acceptors (Lipinski definition) is 6. The molecule has 0 bridgehead atoms. The molecule has 1 aliphatic heterocycles. The normalized spacial score (nSPS) is 14.9. The molecule has 1 aromatic heterocycles. The van der Waals surface area contributed by atoms with Crippen LogP contribution in [0.3, 0.4) is 0 Å². The maximum Gasteiger partial charge on any atom is 0.191 e. The van der Waals surface area contributed by atoms with Gasteiger partial charge in [0.2, 0.25) is 0 Å². The zero-order chi connectivity index (χ0) is 20.5. The van der Waals surface area contributed by atoms with Crippen LogP contribution in [-0.2, 0) is 6.54 Å². The zero-order valence-electron chi connectivity index (χ0n) is 18.1. The molecule has 30 heavy (non-hydrogen) atoms. The Kier molecular flexibility index (Phi) is 10.7. The maximum atomic E-state index is 5.24. The summed E-state index contributed by atoms with van der Waals surface area (Å²) in [4.78, 5) is 14.9. The lowest BCUT2D eigenvalue weighted by Gasteiger charge is -2.36. The van der Waals surface area contributed by atoms with E-state index in [2.05, 4.69) is 49.5 Å². The van der Waals surface area contributed by atoms with E-state index in [1.54, 1.807) is 25.5 Å². The molecule has 166 valence electrons. The van der Waals surface area contributed by atoms with Crippen molar-refractivity contribution in [1.82, 2.24) is 20.5 Å². The second-order valence-corrected chi connectivity index (χ2v) is 8.42. The standard InChI is InChI=1S/C21H32N6OS.HI/c1-17-15-24-20(29-17)16-25-21(22-2)23-9-4-10-26-11-13-27(14-12-26)18-5-7-19(28-3)8-6-18;/h5-8,15H,4,9-14,16H2,1-3H3,(H2,22,23,25);1H. The molecule has 3 rings (SSSR count). The Morgan fingerprint density at radius 3 is 2.50 bits per heavy atom. The van der Waals surface area contributed by atoms with Crippen molar-refractivity contribution in [3.05, 3.63) is 40.3 Å². The van der Waals surface area contributed by atoms with E-state index in [9.17, 15) is 0 Å². The summed E-state index contributed by atoms with van der Waals surface area (Å²) in [7, 11) is 3.51. The number of aromatic nitrogens is 1. The molecule has 2 heterocycles. The highest BCUT2D eigenvalue weighted by Gasteiger charge is 2.16. The number of anilines is 1. The number of benzene rings is 1. The van der Waals surface area contributed by atoms with Gasteiger partial charge in [0.25, 0.3) is 0 Å². The second-order valence-electron chi connectivity index (χ2n) is 7.10. The Labute approximate surface area is 200 Å². The Bertz CT molecular complexity index is 774. The van der Waals surface area contributed by atoms with Crippen molar-refractivity contribution in [3.63, 3.8) is 0 Å². The first-order valence-corrected chi connectivity index (χ1v) is 11.0. The number of aryl methyl sites for hydroxylation is 1. The SMILES string of the molecule is CN=C(NCCCN1CCN(c2ccc(OC)cc2)CC1)NCc1ncc(C)s1.I. The number of nitrogens with one attached hydrogen (secondary N) is 2. The summed E-state index contributed by atoms with van der Waals surface area (Å²) >= 11 is 1.71. The average Bonchev–Trinajstić information content (AvgIpc) is 3.19. The molecule has 0 spiro atoms. The fourth-order valence-corrected chi connectivity index (χ4v) is 4.12. The van der Waals surface area contributed by atoms with E-state index < -0.39 is 0 Å². The number of guanidine groups is 1. The molecular formula is C21H33IN6OS. The molecule has 0 radical (unpaired) electrons. The van der Waals surface area contributed by atoms with Gasteiger partial charge in [0, 0.05) is 56.5 Å². The van der Waals surface area contributed by atoms with Gasteiger partial charge in [-0.25, -0.2) is 4.98 Å². The largest absolute Gasteiger partial charge is 0.497 e. The van der Waals surface area contributed by atoms with E-state index in [0.29, 0.717) is 6.54 Å². The molecule has 0 aliphatic carbocycles. The van der Waals surface area contributed by atoms with Gasteiger partial charge in [-0.1, -0.05) is 0 Å². The quantitative estimate of drug-likeness (QED) is 0.231. The van der Waals surface area contributed by atoms with Crippen LogP contribution < -0.4 is 20.3 Å². The summed E-state index contributed by atoms with van der Waals surface area (Å²) in [5, 5.41) is 7.81. The van der Waals surface area contributed by atoms with E-state index in [-0.39, 0.29) is 24.0 Å². The number of rotatable bonds is 8. The number of halogens is 1. The predicted molar refractivity (Wildman–Crippen MR) is 137 cm³/mol. The van der Waals surface area contributed by atoms with Gasteiger partial charge in [-0.2, -0.15) is 0 Å². The Morgan fingerprint density at radius 1 is 1.17 bits per heavy atom. The molecule has 1 aromatic carbocycles. The minimum atomic E-state index is 0. The van der Waals surface area contributed by atoms with Crippen LogP contribution in [0.5, 0.6) is 5.75 Å². The first-order valence-electron chi connectivity index (χ1n) is 10.1. The fraction of sp³-hybridized carbons (Fsp3) is 0.524. The highest BCUT2D eigenvalue weighted by molar-refractivity contribution is 14.0. The van der Waals surface area contributed by atoms with E-state index in [4.69, 9.17) is 4.74 Å². The number of hydrogen-bond donors (Lipinski definition) is 2. The van der Waals surface area contributed by atoms with Crippen LogP contribution in [-0.4, -0.2) is 69.3 Å². The number of aliphatic imine (C=N–C) groups is 1. The van der Waals surface area contributed by atoms with Crippen molar-refractivity contribution in [2.45, 2.75) is 19.9 Å². The number of ether oxygens (including phenoxy) is 1. The van der Waals surface area contributed by atoms with Crippen LogP contribution in [0.25, 0.3) is 0 Å². The molecule has 1 fully saturated rings. The number of nitrogens with zero attached hydrogens (tertiary/aromatic N) is 4. The fourth-order valence-electron chi connectivity index (χ4n) is 3.40. The summed E-state index contributed by atoms with van der Waals surface area (Å²) in [6.45, 7) is 9.13. The number of methoxy groups -OCH3 is 1. The minimum Gasteiger partial charge on any atom is -0.497 e. The lowest BCUT2D eigenvalue weighted by molar-refractivity contribution is 0.255. The van der Waals surface area contributed by atoms with Crippen LogP contribution in [0.4, 0.5) is 5.69 Å². The minimum absolute atomic E-state index is 0. The average molecular weight is 545 g/mol. The Morgan fingerprint density at radius 2 is 1.90 bits per heavy atom. The van der Waals surface area contributed by atoms with Gasteiger partial charge in [-0.3, -0.25) is 9.89 Å². The van der Waals surface area contributed by atoms with Crippen LogP contribution in [0, 0.1) is 6.92 Å². The predicted octanol–water partition coefficient (Wildman–Crippen LogP) is 2.96. The molecule has 0 amide bonds. The van der Waals surface area contributed by atoms with Gasteiger partial charge in [-0.15, -0.1) is 35.3 Å². The van der Waals surface area contributed by atoms with Crippen LogP contribution in [0.2, 0.25) is 0 Å². The van der Waals surface area contributed by atoms with Crippen molar-refractivity contribution in [2.24, 2.45) is 4.99 Å². The molecule has 1 aliphatic rings. The molecule has 2 aromatic rings.